The lowest BCUT2D eigenvalue weighted by Gasteiger charge is -2.18. The summed E-state index contributed by atoms with van der Waals surface area (Å²) >= 11 is 0. The van der Waals surface area contributed by atoms with Gasteiger partial charge in [0.25, 0.3) is 0 Å². The van der Waals surface area contributed by atoms with Crippen molar-refractivity contribution in [2.75, 3.05) is 0 Å². The summed E-state index contributed by atoms with van der Waals surface area (Å²) in [5, 5.41) is 20.0. The molecule has 0 amide bonds. The van der Waals surface area contributed by atoms with Crippen molar-refractivity contribution in [1.82, 2.24) is 0 Å². The Morgan fingerprint density at radius 2 is 1.95 bits per heavy atom. The molecule has 0 saturated heterocycles. The van der Waals surface area contributed by atoms with Crippen LogP contribution >= 0.6 is 0 Å². The zero-order chi connectivity index (χ0) is 14.5. The summed E-state index contributed by atoms with van der Waals surface area (Å²) in [5.41, 5.74) is 1.76. The van der Waals surface area contributed by atoms with E-state index < -0.39 is 12.2 Å². The number of benzene rings is 1. The molecular weight excluding hydrogens is 252 g/mol. The first-order valence-electron chi connectivity index (χ1n) is 7.62. The minimum absolute atomic E-state index is 0.0335. The molecule has 2 N–H and O–H groups in total. The quantitative estimate of drug-likeness (QED) is 0.839. The Labute approximate surface area is 120 Å². The summed E-state index contributed by atoms with van der Waals surface area (Å²) in [6, 6.07) is 7.50. The number of unbranched alkanes of at least 4 members (excludes halogenated alkanes) is 1. The van der Waals surface area contributed by atoms with E-state index >= 15 is 0 Å². The Bertz CT molecular complexity index is 438. The van der Waals surface area contributed by atoms with Gasteiger partial charge in [-0.1, -0.05) is 44.0 Å². The van der Waals surface area contributed by atoms with E-state index in [0.29, 0.717) is 18.6 Å². The van der Waals surface area contributed by atoms with Crippen LogP contribution < -0.4 is 0 Å². The van der Waals surface area contributed by atoms with Crippen molar-refractivity contribution < 1.29 is 15.0 Å². The fraction of sp³-hybridized carbons (Fsp3) is 0.588. The lowest BCUT2D eigenvalue weighted by molar-refractivity contribution is -0.118. The van der Waals surface area contributed by atoms with Crippen LogP contribution in [0, 0.1) is 0 Å². The topological polar surface area (TPSA) is 57.5 Å². The summed E-state index contributed by atoms with van der Waals surface area (Å²) in [4.78, 5) is 11.7. The molecule has 1 aliphatic rings. The molecular formula is C17H24O3. The van der Waals surface area contributed by atoms with Crippen molar-refractivity contribution >= 4 is 5.78 Å². The van der Waals surface area contributed by atoms with Gasteiger partial charge < -0.3 is 10.2 Å². The van der Waals surface area contributed by atoms with Crippen molar-refractivity contribution in [2.24, 2.45) is 0 Å². The zero-order valence-electron chi connectivity index (χ0n) is 12.1. The second kappa shape index (κ2) is 7.00. The van der Waals surface area contributed by atoms with Crippen LogP contribution in [0.2, 0.25) is 0 Å². The average Bonchev–Trinajstić information content (AvgIpc) is 2.90. The number of Topliss-reactive ketones (excluding diaryl/α,β-unsaturated/α-hetero) is 1. The largest absolute Gasteiger partial charge is 0.390 e. The van der Waals surface area contributed by atoms with Gasteiger partial charge in [0.1, 0.15) is 11.9 Å². The van der Waals surface area contributed by atoms with Crippen molar-refractivity contribution in [1.29, 1.82) is 0 Å². The normalized spacial score (nSPS) is 21.9. The lowest BCUT2D eigenvalue weighted by atomic mass is 9.93. The first kappa shape index (κ1) is 15.2. The van der Waals surface area contributed by atoms with E-state index in [-0.39, 0.29) is 5.92 Å². The molecule has 0 radical (unpaired) electrons. The van der Waals surface area contributed by atoms with E-state index in [0.717, 1.165) is 36.8 Å². The summed E-state index contributed by atoms with van der Waals surface area (Å²) < 4.78 is 0. The molecule has 1 aromatic carbocycles. The van der Waals surface area contributed by atoms with Gasteiger partial charge in [-0.15, -0.1) is 0 Å². The molecule has 3 nitrogen and oxygen atoms in total. The highest BCUT2D eigenvalue weighted by Gasteiger charge is 2.26. The molecule has 3 unspecified atom stereocenters. The number of hydrogen-bond acceptors (Lipinski definition) is 3. The molecule has 0 spiro atoms. The van der Waals surface area contributed by atoms with Crippen LogP contribution in [0.25, 0.3) is 0 Å². The maximum Gasteiger partial charge on any atom is 0.140 e. The number of aliphatic hydroxyl groups is 2. The monoisotopic (exact) mass is 276 g/mol. The van der Waals surface area contributed by atoms with Gasteiger partial charge in [-0.05, 0) is 30.4 Å². The predicted molar refractivity (Wildman–Crippen MR) is 78.5 cm³/mol. The first-order valence-corrected chi connectivity index (χ1v) is 7.62. The molecule has 2 rings (SSSR count). The maximum atomic E-state index is 11.7. The van der Waals surface area contributed by atoms with Crippen LogP contribution in [0.5, 0.6) is 0 Å². The van der Waals surface area contributed by atoms with Gasteiger partial charge in [-0.2, -0.15) is 0 Å². The fourth-order valence-corrected chi connectivity index (χ4v) is 2.89. The Kier molecular flexibility index (Phi) is 5.32. The number of rotatable bonds is 6. The number of ketones is 1. The second-order valence-corrected chi connectivity index (χ2v) is 5.73. The first-order chi connectivity index (χ1) is 9.63. The molecule has 0 aliphatic heterocycles. The van der Waals surface area contributed by atoms with Gasteiger partial charge in [0.2, 0.25) is 0 Å². The van der Waals surface area contributed by atoms with Crippen molar-refractivity contribution in [3.63, 3.8) is 0 Å². The van der Waals surface area contributed by atoms with Gasteiger partial charge in [-0.3, -0.25) is 4.79 Å². The SMILES string of the molecule is CCCCC(O)C(O)c1ccc(C2CCCC2=O)cc1. The molecule has 0 aromatic heterocycles. The van der Waals surface area contributed by atoms with Crippen LogP contribution in [-0.4, -0.2) is 22.1 Å². The third-order valence-corrected chi connectivity index (χ3v) is 4.20. The third kappa shape index (κ3) is 3.47. The van der Waals surface area contributed by atoms with Crippen LogP contribution in [0.1, 0.15) is 68.6 Å². The Morgan fingerprint density at radius 3 is 2.50 bits per heavy atom. The molecule has 3 atom stereocenters. The minimum atomic E-state index is -0.838. The van der Waals surface area contributed by atoms with Crippen LogP contribution in [0.3, 0.4) is 0 Å². The van der Waals surface area contributed by atoms with Crippen molar-refractivity contribution in [3.8, 4) is 0 Å². The minimum Gasteiger partial charge on any atom is -0.390 e. The van der Waals surface area contributed by atoms with Gasteiger partial charge in [-0.25, -0.2) is 0 Å². The van der Waals surface area contributed by atoms with Crippen LogP contribution in [0.15, 0.2) is 24.3 Å². The molecule has 110 valence electrons. The molecule has 0 bridgehead atoms. The summed E-state index contributed by atoms with van der Waals surface area (Å²) in [6.45, 7) is 2.06. The molecule has 1 aromatic rings. The van der Waals surface area contributed by atoms with E-state index in [2.05, 4.69) is 6.92 Å². The highest BCUT2D eigenvalue weighted by molar-refractivity contribution is 5.87. The maximum absolute atomic E-state index is 11.7. The lowest BCUT2D eigenvalue weighted by Crippen LogP contribution is -2.18. The highest BCUT2D eigenvalue weighted by atomic mass is 16.3. The summed E-state index contributed by atoms with van der Waals surface area (Å²) in [6.07, 6.45) is 3.57. The van der Waals surface area contributed by atoms with E-state index in [4.69, 9.17) is 0 Å². The third-order valence-electron chi connectivity index (χ3n) is 4.20. The Balaban J connectivity index is 2.02. The van der Waals surface area contributed by atoms with Crippen molar-refractivity contribution in [3.05, 3.63) is 35.4 Å². The van der Waals surface area contributed by atoms with Gasteiger partial charge in [0, 0.05) is 12.3 Å². The zero-order valence-corrected chi connectivity index (χ0v) is 12.1. The number of hydrogen-bond donors (Lipinski definition) is 2. The fourth-order valence-electron chi connectivity index (χ4n) is 2.89. The smallest absolute Gasteiger partial charge is 0.140 e. The molecule has 1 fully saturated rings. The number of aliphatic hydroxyl groups excluding tert-OH is 2. The second-order valence-electron chi connectivity index (χ2n) is 5.73. The Hall–Kier alpha value is -1.19. The molecule has 20 heavy (non-hydrogen) atoms. The molecule has 0 heterocycles. The summed E-state index contributed by atoms with van der Waals surface area (Å²) in [5.74, 6) is 0.354. The highest BCUT2D eigenvalue weighted by Crippen LogP contribution is 2.32. The standard InChI is InChI=1S/C17H24O3/c1-2-3-6-16(19)17(20)13-10-8-12(9-11-13)14-5-4-7-15(14)18/h8-11,14,16-17,19-20H,2-7H2,1H3. The van der Waals surface area contributed by atoms with E-state index in [1.807, 2.05) is 24.3 Å². The Morgan fingerprint density at radius 1 is 1.25 bits per heavy atom. The summed E-state index contributed by atoms with van der Waals surface area (Å²) in [7, 11) is 0. The van der Waals surface area contributed by atoms with Crippen LogP contribution in [-0.2, 0) is 4.79 Å². The van der Waals surface area contributed by atoms with Crippen molar-refractivity contribution in [2.45, 2.75) is 63.6 Å². The van der Waals surface area contributed by atoms with Gasteiger partial charge >= 0.3 is 0 Å². The van der Waals surface area contributed by atoms with E-state index in [1.165, 1.54) is 0 Å². The van der Waals surface area contributed by atoms with Crippen LogP contribution in [0.4, 0.5) is 0 Å². The average molecular weight is 276 g/mol. The van der Waals surface area contributed by atoms with Gasteiger partial charge in [0.15, 0.2) is 0 Å². The van der Waals surface area contributed by atoms with E-state index in [9.17, 15) is 15.0 Å². The number of carbonyl (C=O) groups excluding carboxylic acids is 1. The molecule has 1 saturated carbocycles. The van der Waals surface area contributed by atoms with Gasteiger partial charge in [0.05, 0.1) is 6.10 Å². The van der Waals surface area contributed by atoms with E-state index in [1.54, 1.807) is 0 Å². The molecule has 1 aliphatic carbocycles. The predicted octanol–water partition coefficient (Wildman–Crippen LogP) is 3.11. The number of carbonyl (C=O) groups is 1. The molecule has 3 heteroatoms.